The summed E-state index contributed by atoms with van der Waals surface area (Å²) < 4.78 is 4.01. The van der Waals surface area contributed by atoms with Gasteiger partial charge < -0.3 is 0 Å². The van der Waals surface area contributed by atoms with Gasteiger partial charge in [-0.25, -0.2) is 0 Å². The molecule has 0 unspecified atom stereocenters. The third-order valence-corrected chi connectivity index (χ3v) is 8.93. The summed E-state index contributed by atoms with van der Waals surface area (Å²) in [6.45, 7) is 6.14. The van der Waals surface area contributed by atoms with Crippen LogP contribution in [0.2, 0.25) is 3.98 Å². The molecule has 0 radical (unpaired) electrons. The SMILES string of the molecule is CC=NCCCN/C1=C/C/C(=C\C)C/C=[CH]\[TlH][CH2]C1. The van der Waals surface area contributed by atoms with Gasteiger partial charge >= 0.3 is 130 Å². The molecule has 1 rings (SSSR count). The molecule has 1 aliphatic heterocycles. The molecule has 0 spiro atoms. The molecule has 19 heavy (non-hydrogen) atoms. The monoisotopic (exact) mass is 452 g/mol. The van der Waals surface area contributed by atoms with Gasteiger partial charge in [-0.05, 0) is 0 Å². The van der Waals surface area contributed by atoms with Crippen LogP contribution in [0.3, 0.4) is 0 Å². The van der Waals surface area contributed by atoms with Crippen molar-refractivity contribution < 1.29 is 0 Å². The minimum atomic E-state index is -0.709. The normalized spacial score (nSPS) is 23.7. The zero-order valence-corrected chi connectivity index (χ0v) is 18.0. The van der Waals surface area contributed by atoms with Crippen molar-refractivity contribution in [3.63, 3.8) is 0 Å². The van der Waals surface area contributed by atoms with Crippen molar-refractivity contribution in [3.05, 3.63) is 33.1 Å². The Morgan fingerprint density at radius 2 is 2.26 bits per heavy atom. The Kier molecular flexibility index (Phi) is 10.0. The van der Waals surface area contributed by atoms with E-state index in [9.17, 15) is 0 Å². The van der Waals surface area contributed by atoms with E-state index in [2.05, 4.69) is 39.1 Å². The molecule has 0 bridgehead atoms. The Balaban J connectivity index is 2.42. The average molecular weight is 452 g/mol. The van der Waals surface area contributed by atoms with Crippen molar-refractivity contribution in [1.82, 2.24) is 5.32 Å². The van der Waals surface area contributed by atoms with Gasteiger partial charge in [-0.15, -0.1) is 0 Å². The van der Waals surface area contributed by atoms with Gasteiger partial charge in [-0.2, -0.15) is 0 Å². The summed E-state index contributed by atoms with van der Waals surface area (Å²) in [7, 11) is 0. The van der Waals surface area contributed by atoms with Crippen molar-refractivity contribution in [1.29, 1.82) is 0 Å². The maximum absolute atomic E-state index is 4.25. The van der Waals surface area contributed by atoms with E-state index in [-0.39, 0.29) is 0 Å². The summed E-state index contributed by atoms with van der Waals surface area (Å²) >= 11 is -0.709. The van der Waals surface area contributed by atoms with Crippen molar-refractivity contribution in [2.24, 2.45) is 4.99 Å². The third kappa shape index (κ3) is 8.40. The summed E-state index contributed by atoms with van der Waals surface area (Å²) in [5, 5.41) is 3.61. The molecule has 1 aliphatic rings. The first-order valence-corrected chi connectivity index (χ1v) is 14.6. The fraction of sp³-hybridized carbons (Fsp3) is 0.562. The van der Waals surface area contributed by atoms with Crippen LogP contribution in [-0.2, 0) is 0 Å². The van der Waals surface area contributed by atoms with Crippen LogP contribution in [0.5, 0.6) is 0 Å². The Morgan fingerprint density at radius 3 is 3.05 bits per heavy atom. The van der Waals surface area contributed by atoms with Gasteiger partial charge in [-0.3, -0.25) is 0 Å². The van der Waals surface area contributed by atoms with Crippen LogP contribution in [0.4, 0.5) is 0 Å². The van der Waals surface area contributed by atoms with Crippen LogP contribution in [0.15, 0.2) is 38.1 Å². The molecule has 0 aliphatic carbocycles. The van der Waals surface area contributed by atoms with Crippen LogP contribution in [0.1, 0.15) is 39.5 Å². The molecular formula is C16H27N2Tl. The number of allylic oxidation sites excluding steroid dienone is 5. The molecule has 104 valence electrons. The van der Waals surface area contributed by atoms with E-state index in [0.717, 1.165) is 32.4 Å². The zero-order chi connectivity index (χ0) is 13.8. The predicted octanol–water partition coefficient (Wildman–Crippen LogP) is 3.44. The van der Waals surface area contributed by atoms with Gasteiger partial charge in [0, 0.05) is 0 Å². The molecule has 0 aromatic heterocycles. The molecule has 0 saturated heterocycles. The first kappa shape index (κ1) is 16.7. The standard InChI is InChI=1S/C16H26N2.Tl.H/c1-5-10-15(6-2)11-12-16(7-3)18-14-9-13-17-8-4;;/h1,5-6,8,12,18H,3,7,9-11,13-14H2,2,4H3;;/b5-1?,15-6-,16-12+,17-8?;;. The topological polar surface area (TPSA) is 24.4 Å². The molecule has 3 heteroatoms. The summed E-state index contributed by atoms with van der Waals surface area (Å²) in [6.07, 6.45) is 13.6. The average Bonchev–Trinajstić information content (AvgIpc) is 2.45. The van der Waals surface area contributed by atoms with E-state index in [1.165, 1.54) is 16.1 Å². The van der Waals surface area contributed by atoms with Gasteiger partial charge in [0.05, 0.1) is 0 Å². The second-order valence-corrected chi connectivity index (χ2v) is 11.7. The van der Waals surface area contributed by atoms with Crippen LogP contribution in [0, 0.1) is 0 Å². The quantitative estimate of drug-likeness (QED) is 0.294. The van der Waals surface area contributed by atoms with Gasteiger partial charge in [0.1, 0.15) is 0 Å². The van der Waals surface area contributed by atoms with Gasteiger partial charge in [0.15, 0.2) is 0 Å². The van der Waals surface area contributed by atoms with Crippen molar-refractivity contribution in [3.8, 4) is 0 Å². The number of hydrogen-bond acceptors (Lipinski definition) is 2. The first-order valence-electron chi connectivity index (χ1n) is 7.53. The van der Waals surface area contributed by atoms with Gasteiger partial charge in [-0.1, -0.05) is 0 Å². The Bertz CT molecular complexity index is 354. The number of rotatable bonds is 5. The van der Waals surface area contributed by atoms with E-state index >= 15 is 0 Å². The zero-order valence-electron chi connectivity index (χ0n) is 12.5. The van der Waals surface area contributed by atoms with Crippen LogP contribution < -0.4 is 5.32 Å². The number of aliphatic imine (C=N–C) groups is 1. The van der Waals surface area contributed by atoms with Crippen LogP contribution >= 0.6 is 0 Å². The molecule has 1 heterocycles. The van der Waals surface area contributed by atoms with Gasteiger partial charge in [0.2, 0.25) is 0 Å². The van der Waals surface area contributed by atoms with Gasteiger partial charge in [0.25, 0.3) is 0 Å². The van der Waals surface area contributed by atoms with E-state index in [1.807, 2.05) is 13.1 Å². The van der Waals surface area contributed by atoms with E-state index in [1.54, 1.807) is 5.57 Å². The second-order valence-electron chi connectivity index (χ2n) is 4.89. The Morgan fingerprint density at radius 1 is 1.37 bits per heavy atom. The molecule has 0 fully saturated rings. The van der Waals surface area contributed by atoms with E-state index < -0.39 is 24.2 Å². The predicted molar refractivity (Wildman–Crippen MR) is 88.4 cm³/mol. The summed E-state index contributed by atoms with van der Waals surface area (Å²) in [5.74, 6) is 0. The molecule has 0 saturated carbocycles. The number of nitrogens with zero attached hydrogens (tertiary/aromatic N) is 1. The fourth-order valence-electron chi connectivity index (χ4n) is 2.15. The van der Waals surface area contributed by atoms with Crippen molar-refractivity contribution in [2.45, 2.75) is 43.5 Å². The third-order valence-electron chi connectivity index (χ3n) is 3.38. The fourth-order valence-corrected chi connectivity index (χ4v) is 6.90. The number of hydrogen-bond donors (Lipinski definition) is 1. The second kappa shape index (κ2) is 11.4. The summed E-state index contributed by atoms with van der Waals surface area (Å²) in [5.41, 5.74) is 3.01. The molecule has 0 aromatic rings. The van der Waals surface area contributed by atoms with Crippen LogP contribution in [0.25, 0.3) is 0 Å². The number of nitrogens with one attached hydrogen (secondary N) is 1. The molecule has 1 N–H and O–H groups in total. The molecule has 0 aromatic carbocycles. The van der Waals surface area contributed by atoms with Crippen LogP contribution in [-0.4, -0.2) is 43.5 Å². The molecule has 2 nitrogen and oxygen atoms in total. The Labute approximate surface area is 130 Å². The molecule has 0 amide bonds. The molecule has 0 atom stereocenters. The minimum absolute atomic E-state index is 0.709. The Hall–Kier alpha value is -0.388. The van der Waals surface area contributed by atoms with E-state index in [4.69, 9.17) is 0 Å². The summed E-state index contributed by atoms with van der Waals surface area (Å²) in [4.78, 5) is 4.25. The molecular weight excluding hydrogens is 425 g/mol. The van der Waals surface area contributed by atoms with Crippen molar-refractivity contribution >= 4 is 30.5 Å². The van der Waals surface area contributed by atoms with E-state index in [0.29, 0.717) is 0 Å². The maximum atomic E-state index is 4.25. The first-order chi connectivity index (χ1) is 9.36. The summed E-state index contributed by atoms with van der Waals surface area (Å²) in [6, 6.07) is 0. The van der Waals surface area contributed by atoms with Crippen molar-refractivity contribution in [2.75, 3.05) is 13.1 Å².